The van der Waals surface area contributed by atoms with E-state index in [1.165, 1.54) is 6.33 Å². The molecule has 0 fully saturated rings. The zero-order valence-electron chi connectivity index (χ0n) is 7.15. The molecule has 0 unspecified atom stereocenters. The fourth-order valence-electron chi connectivity index (χ4n) is 0.698. The minimum absolute atomic E-state index is 0.172. The summed E-state index contributed by atoms with van der Waals surface area (Å²) in [4.78, 5) is 24.7. The fourth-order valence-corrected chi connectivity index (χ4v) is 0.698. The van der Waals surface area contributed by atoms with Crippen molar-refractivity contribution in [1.82, 2.24) is 25.8 Å². The zero-order valence-corrected chi connectivity index (χ0v) is 7.15. The van der Waals surface area contributed by atoms with Crippen molar-refractivity contribution < 1.29 is 14.7 Å². The summed E-state index contributed by atoms with van der Waals surface area (Å²) in [5.74, 6) is -0.602. The van der Waals surface area contributed by atoms with Gasteiger partial charge in [0.25, 0.3) is 0 Å². The molecule has 0 saturated carbocycles. The maximum Gasteiger partial charge on any atom is 0.323 e. The second-order valence-electron chi connectivity index (χ2n) is 2.36. The van der Waals surface area contributed by atoms with E-state index >= 15 is 0 Å². The Labute approximate surface area is 78.7 Å². The molecule has 1 rings (SSSR count). The Hall–Kier alpha value is -2.12. The van der Waals surface area contributed by atoms with E-state index in [0.29, 0.717) is 5.82 Å². The predicted molar refractivity (Wildman–Crippen MR) is 44.3 cm³/mol. The Balaban J connectivity index is 2.18. The second kappa shape index (κ2) is 4.80. The molecule has 2 amide bonds. The number of H-pyrrole nitrogens is 1. The van der Waals surface area contributed by atoms with Crippen LogP contribution in [-0.2, 0) is 11.3 Å². The van der Waals surface area contributed by atoms with Crippen LogP contribution in [0.25, 0.3) is 0 Å². The molecule has 0 spiro atoms. The molecule has 0 radical (unpaired) electrons. The number of hydrogen-bond acceptors (Lipinski definition) is 4. The molecular weight excluding hydrogens is 190 g/mol. The monoisotopic (exact) mass is 199 g/mol. The maximum atomic E-state index is 10.9. The topological polar surface area (TPSA) is 120 Å². The lowest BCUT2D eigenvalue weighted by Gasteiger charge is -2.02. The molecule has 1 aromatic rings. The summed E-state index contributed by atoms with van der Waals surface area (Å²) in [7, 11) is 0. The van der Waals surface area contributed by atoms with Gasteiger partial charge in [0.05, 0.1) is 6.54 Å². The minimum atomic E-state index is -1.10. The van der Waals surface area contributed by atoms with E-state index in [9.17, 15) is 9.59 Å². The minimum Gasteiger partial charge on any atom is -0.480 e. The van der Waals surface area contributed by atoms with E-state index < -0.39 is 18.5 Å². The van der Waals surface area contributed by atoms with Gasteiger partial charge >= 0.3 is 12.0 Å². The van der Waals surface area contributed by atoms with E-state index in [-0.39, 0.29) is 6.54 Å². The number of amides is 2. The number of carboxylic acid groups (broad SMARTS) is 1. The average molecular weight is 199 g/mol. The van der Waals surface area contributed by atoms with Gasteiger partial charge < -0.3 is 15.7 Å². The summed E-state index contributed by atoms with van der Waals surface area (Å²) in [5.41, 5.74) is 0. The summed E-state index contributed by atoms with van der Waals surface area (Å²) in [5, 5.41) is 18.9. The van der Waals surface area contributed by atoms with Gasteiger partial charge in [-0.1, -0.05) is 0 Å². The molecule has 0 aliphatic heterocycles. The number of nitrogens with one attached hydrogen (secondary N) is 3. The van der Waals surface area contributed by atoms with Gasteiger partial charge in [-0.25, -0.2) is 9.78 Å². The quantitative estimate of drug-likeness (QED) is 0.479. The van der Waals surface area contributed by atoms with E-state index in [4.69, 9.17) is 5.11 Å². The van der Waals surface area contributed by atoms with Crippen LogP contribution in [0.1, 0.15) is 5.82 Å². The highest BCUT2D eigenvalue weighted by Crippen LogP contribution is 1.82. The lowest BCUT2D eigenvalue weighted by atomic mass is 10.6. The van der Waals surface area contributed by atoms with Crippen LogP contribution in [0.5, 0.6) is 0 Å². The van der Waals surface area contributed by atoms with Crippen molar-refractivity contribution in [1.29, 1.82) is 0 Å². The molecule has 0 saturated heterocycles. The summed E-state index contributed by atoms with van der Waals surface area (Å²) in [6, 6.07) is -0.566. The van der Waals surface area contributed by atoms with Gasteiger partial charge in [0.1, 0.15) is 18.7 Å². The normalized spacial score (nSPS) is 9.43. The van der Waals surface area contributed by atoms with Crippen molar-refractivity contribution >= 4 is 12.0 Å². The standard InChI is InChI=1S/C6H9N5O3/c12-5(13)2-8-6(14)7-1-4-9-3-10-11-4/h3H,1-2H2,(H,12,13)(H2,7,8,14)(H,9,10,11). The van der Waals surface area contributed by atoms with E-state index in [2.05, 4.69) is 25.8 Å². The molecule has 0 aliphatic rings. The molecule has 4 N–H and O–H groups in total. The molecular formula is C6H9N5O3. The van der Waals surface area contributed by atoms with Gasteiger partial charge in [-0.05, 0) is 0 Å². The Morgan fingerprint density at radius 2 is 2.29 bits per heavy atom. The summed E-state index contributed by atoms with van der Waals surface area (Å²) in [6.07, 6.45) is 1.31. The number of aromatic nitrogens is 3. The lowest BCUT2D eigenvalue weighted by molar-refractivity contribution is -0.135. The number of rotatable bonds is 4. The van der Waals surface area contributed by atoms with Crippen LogP contribution in [0, 0.1) is 0 Å². The fraction of sp³-hybridized carbons (Fsp3) is 0.333. The van der Waals surface area contributed by atoms with Gasteiger partial charge in [0.2, 0.25) is 0 Å². The number of urea groups is 1. The highest BCUT2D eigenvalue weighted by atomic mass is 16.4. The second-order valence-corrected chi connectivity index (χ2v) is 2.36. The molecule has 0 aliphatic carbocycles. The van der Waals surface area contributed by atoms with E-state index in [0.717, 1.165) is 0 Å². The number of carboxylic acids is 1. The number of aliphatic carboxylic acids is 1. The smallest absolute Gasteiger partial charge is 0.323 e. The molecule has 0 atom stereocenters. The summed E-state index contributed by atoms with van der Waals surface area (Å²) < 4.78 is 0. The van der Waals surface area contributed by atoms with Crippen molar-refractivity contribution in [3.05, 3.63) is 12.2 Å². The van der Waals surface area contributed by atoms with Crippen LogP contribution < -0.4 is 10.6 Å². The number of nitrogens with zero attached hydrogens (tertiary/aromatic N) is 2. The van der Waals surface area contributed by atoms with Gasteiger partial charge in [-0.2, -0.15) is 5.10 Å². The molecule has 0 aromatic carbocycles. The van der Waals surface area contributed by atoms with E-state index in [1.54, 1.807) is 0 Å². The Bertz CT molecular complexity index is 309. The van der Waals surface area contributed by atoms with Crippen LogP contribution >= 0.6 is 0 Å². The number of hydrogen-bond donors (Lipinski definition) is 4. The molecule has 1 heterocycles. The van der Waals surface area contributed by atoms with Crippen LogP contribution in [0.4, 0.5) is 4.79 Å². The van der Waals surface area contributed by atoms with Gasteiger partial charge in [-0.15, -0.1) is 0 Å². The largest absolute Gasteiger partial charge is 0.480 e. The highest BCUT2D eigenvalue weighted by molar-refractivity contribution is 5.79. The van der Waals surface area contributed by atoms with Crippen LogP contribution in [0.15, 0.2) is 6.33 Å². The third-order valence-electron chi connectivity index (χ3n) is 1.28. The van der Waals surface area contributed by atoms with Gasteiger partial charge in [0, 0.05) is 0 Å². The predicted octanol–water partition coefficient (Wildman–Crippen LogP) is -1.31. The van der Waals surface area contributed by atoms with Crippen molar-refractivity contribution in [2.24, 2.45) is 0 Å². The first-order chi connectivity index (χ1) is 6.68. The average Bonchev–Trinajstić information content (AvgIpc) is 2.63. The SMILES string of the molecule is O=C(O)CNC(=O)NCc1ncn[nH]1. The molecule has 1 aromatic heterocycles. The maximum absolute atomic E-state index is 10.9. The third-order valence-corrected chi connectivity index (χ3v) is 1.28. The lowest BCUT2D eigenvalue weighted by Crippen LogP contribution is -2.38. The molecule has 8 nitrogen and oxygen atoms in total. The summed E-state index contributed by atoms with van der Waals surface area (Å²) >= 11 is 0. The Kier molecular flexibility index (Phi) is 3.41. The van der Waals surface area contributed by atoms with Crippen molar-refractivity contribution in [3.63, 3.8) is 0 Å². The Morgan fingerprint density at radius 1 is 1.50 bits per heavy atom. The Morgan fingerprint density at radius 3 is 2.86 bits per heavy atom. The van der Waals surface area contributed by atoms with Crippen LogP contribution in [-0.4, -0.2) is 38.8 Å². The first-order valence-corrected chi connectivity index (χ1v) is 3.76. The van der Waals surface area contributed by atoms with Gasteiger partial charge in [-0.3, -0.25) is 9.89 Å². The highest BCUT2D eigenvalue weighted by Gasteiger charge is 2.03. The molecule has 76 valence electrons. The number of carbonyl (C=O) groups is 2. The summed E-state index contributed by atoms with van der Waals surface area (Å²) in [6.45, 7) is -0.242. The van der Waals surface area contributed by atoms with Crippen LogP contribution in [0.2, 0.25) is 0 Å². The van der Waals surface area contributed by atoms with Gasteiger partial charge in [0.15, 0.2) is 0 Å². The first kappa shape index (κ1) is 9.96. The number of carbonyl (C=O) groups excluding carboxylic acids is 1. The van der Waals surface area contributed by atoms with Crippen molar-refractivity contribution in [3.8, 4) is 0 Å². The van der Waals surface area contributed by atoms with Crippen molar-refractivity contribution in [2.45, 2.75) is 6.54 Å². The van der Waals surface area contributed by atoms with Crippen LogP contribution in [0.3, 0.4) is 0 Å². The zero-order chi connectivity index (χ0) is 10.4. The third kappa shape index (κ3) is 3.52. The molecule has 8 heteroatoms. The first-order valence-electron chi connectivity index (χ1n) is 3.76. The molecule has 14 heavy (non-hydrogen) atoms. The van der Waals surface area contributed by atoms with Crippen molar-refractivity contribution in [2.75, 3.05) is 6.54 Å². The number of aromatic amines is 1. The van der Waals surface area contributed by atoms with E-state index in [1.807, 2.05) is 0 Å². The molecule has 0 bridgehead atoms.